The smallest absolute Gasteiger partial charge is 0.0864 e. The van der Waals surface area contributed by atoms with Gasteiger partial charge in [0.2, 0.25) is 0 Å². The van der Waals surface area contributed by atoms with Crippen LogP contribution in [0.3, 0.4) is 0 Å². The molecule has 1 aliphatic carbocycles. The molecule has 0 spiro atoms. The number of aliphatic hydroxyl groups is 1. The van der Waals surface area contributed by atoms with E-state index in [1.165, 1.54) is 5.57 Å². The molecule has 1 saturated carbocycles. The molecule has 3 atom stereocenters. The lowest BCUT2D eigenvalue weighted by Gasteiger charge is -2.46. The molecule has 0 aromatic carbocycles. The van der Waals surface area contributed by atoms with Crippen molar-refractivity contribution in [3.8, 4) is 0 Å². The molecule has 2 heteroatoms. The molecule has 17 heavy (non-hydrogen) atoms. The zero-order chi connectivity index (χ0) is 13.3. The molecule has 100 valence electrons. The molecule has 2 nitrogen and oxygen atoms in total. The fourth-order valence-corrected chi connectivity index (χ4v) is 3.68. The molecular weight excluding hydrogens is 210 g/mol. The van der Waals surface area contributed by atoms with Crippen molar-refractivity contribution in [2.45, 2.75) is 59.0 Å². The fourth-order valence-electron chi connectivity index (χ4n) is 3.68. The van der Waals surface area contributed by atoms with Gasteiger partial charge in [0.05, 0.1) is 5.60 Å². The van der Waals surface area contributed by atoms with Crippen LogP contribution in [0.25, 0.3) is 0 Å². The third-order valence-corrected chi connectivity index (χ3v) is 4.79. The first-order valence-electron chi connectivity index (χ1n) is 6.94. The van der Waals surface area contributed by atoms with Crippen molar-refractivity contribution >= 4 is 0 Å². The predicted octanol–water partition coefficient (Wildman–Crippen LogP) is 3.10. The van der Waals surface area contributed by atoms with Crippen LogP contribution < -0.4 is 5.73 Å². The van der Waals surface area contributed by atoms with Gasteiger partial charge in [0.1, 0.15) is 0 Å². The Morgan fingerprint density at radius 1 is 1.59 bits per heavy atom. The Morgan fingerprint density at radius 2 is 2.18 bits per heavy atom. The van der Waals surface area contributed by atoms with Gasteiger partial charge in [0.15, 0.2) is 0 Å². The standard InChI is InChI=1S/C15H29NO/c1-6-14(8-7-12(4)13(14)5)15(17,10-16)9-11(2)3/h11-12,17H,5-10,16H2,1-4H3. The van der Waals surface area contributed by atoms with Crippen LogP contribution in [0.5, 0.6) is 0 Å². The molecule has 0 radical (unpaired) electrons. The summed E-state index contributed by atoms with van der Waals surface area (Å²) in [6, 6.07) is 0. The molecule has 1 fully saturated rings. The minimum atomic E-state index is -0.780. The Bertz CT molecular complexity index is 287. The van der Waals surface area contributed by atoms with E-state index < -0.39 is 5.60 Å². The van der Waals surface area contributed by atoms with Gasteiger partial charge in [-0.05, 0) is 37.5 Å². The van der Waals surface area contributed by atoms with Gasteiger partial charge in [-0.1, -0.05) is 39.8 Å². The van der Waals surface area contributed by atoms with Gasteiger partial charge in [-0.25, -0.2) is 0 Å². The monoisotopic (exact) mass is 239 g/mol. The van der Waals surface area contributed by atoms with E-state index in [1.807, 2.05) is 0 Å². The average molecular weight is 239 g/mol. The molecule has 0 aromatic rings. The second-order valence-electron chi connectivity index (χ2n) is 6.23. The highest BCUT2D eigenvalue weighted by Crippen LogP contribution is 2.55. The van der Waals surface area contributed by atoms with Gasteiger partial charge in [-0.2, -0.15) is 0 Å². The highest BCUT2D eigenvalue weighted by molar-refractivity contribution is 5.25. The van der Waals surface area contributed by atoms with E-state index in [2.05, 4.69) is 34.3 Å². The van der Waals surface area contributed by atoms with E-state index in [4.69, 9.17) is 5.73 Å². The van der Waals surface area contributed by atoms with Crippen LogP contribution in [0.4, 0.5) is 0 Å². The molecule has 0 aliphatic heterocycles. The van der Waals surface area contributed by atoms with Crippen molar-refractivity contribution in [1.29, 1.82) is 0 Å². The summed E-state index contributed by atoms with van der Waals surface area (Å²) < 4.78 is 0. The van der Waals surface area contributed by atoms with Crippen LogP contribution >= 0.6 is 0 Å². The van der Waals surface area contributed by atoms with Crippen molar-refractivity contribution in [3.63, 3.8) is 0 Å². The number of hydrogen-bond donors (Lipinski definition) is 2. The van der Waals surface area contributed by atoms with Crippen molar-refractivity contribution < 1.29 is 5.11 Å². The Labute approximate surface area is 106 Å². The molecule has 1 aliphatic rings. The van der Waals surface area contributed by atoms with Crippen LogP contribution in [-0.2, 0) is 0 Å². The summed E-state index contributed by atoms with van der Waals surface area (Å²) in [4.78, 5) is 0. The Balaban J connectivity index is 3.10. The maximum atomic E-state index is 11.0. The van der Waals surface area contributed by atoms with Crippen molar-refractivity contribution in [2.75, 3.05) is 6.54 Å². The molecule has 3 N–H and O–H groups in total. The zero-order valence-corrected chi connectivity index (χ0v) is 11.9. The maximum Gasteiger partial charge on any atom is 0.0864 e. The van der Waals surface area contributed by atoms with E-state index in [1.54, 1.807) is 0 Å². The third-order valence-electron chi connectivity index (χ3n) is 4.79. The summed E-state index contributed by atoms with van der Waals surface area (Å²) in [5.74, 6) is 0.968. The minimum Gasteiger partial charge on any atom is -0.388 e. The van der Waals surface area contributed by atoms with Crippen LogP contribution in [0.2, 0.25) is 0 Å². The second-order valence-corrected chi connectivity index (χ2v) is 6.23. The number of hydrogen-bond acceptors (Lipinski definition) is 2. The van der Waals surface area contributed by atoms with E-state index in [-0.39, 0.29) is 5.41 Å². The summed E-state index contributed by atoms with van der Waals surface area (Å²) in [6.07, 6.45) is 3.87. The first kappa shape index (κ1) is 14.7. The quantitative estimate of drug-likeness (QED) is 0.724. The minimum absolute atomic E-state index is 0.161. The van der Waals surface area contributed by atoms with Gasteiger partial charge in [-0.3, -0.25) is 0 Å². The summed E-state index contributed by atoms with van der Waals surface area (Å²) in [5.41, 5.74) is 6.19. The lowest BCUT2D eigenvalue weighted by molar-refractivity contribution is -0.0723. The number of nitrogens with two attached hydrogens (primary N) is 1. The van der Waals surface area contributed by atoms with Crippen molar-refractivity contribution in [1.82, 2.24) is 0 Å². The van der Waals surface area contributed by atoms with E-state index in [0.717, 1.165) is 25.7 Å². The van der Waals surface area contributed by atoms with E-state index >= 15 is 0 Å². The topological polar surface area (TPSA) is 46.2 Å². The summed E-state index contributed by atoms with van der Waals surface area (Å²) >= 11 is 0. The van der Waals surface area contributed by atoms with Crippen LogP contribution in [0, 0.1) is 17.3 Å². The lowest BCUT2D eigenvalue weighted by atomic mass is 9.63. The fraction of sp³-hybridized carbons (Fsp3) is 0.867. The molecule has 0 amide bonds. The van der Waals surface area contributed by atoms with E-state index in [9.17, 15) is 5.11 Å². The molecule has 1 rings (SSSR count). The van der Waals surface area contributed by atoms with Gasteiger partial charge < -0.3 is 10.8 Å². The third kappa shape index (κ3) is 2.30. The van der Waals surface area contributed by atoms with Crippen LogP contribution in [-0.4, -0.2) is 17.3 Å². The Kier molecular flexibility index (Phi) is 4.43. The van der Waals surface area contributed by atoms with Crippen molar-refractivity contribution in [3.05, 3.63) is 12.2 Å². The number of rotatable bonds is 5. The zero-order valence-electron chi connectivity index (χ0n) is 11.9. The lowest BCUT2D eigenvalue weighted by Crippen LogP contribution is -2.53. The van der Waals surface area contributed by atoms with Crippen molar-refractivity contribution in [2.24, 2.45) is 23.0 Å². The second kappa shape index (κ2) is 5.11. The molecule has 3 unspecified atom stereocenters. The highest BCUT2D eigenvalue weighted by Gasteiger charge is 2.53. The maximum absolute atomic E-state index is 11.0. The molecule has 0 bridgehead atoms. The van der Waals surface area contributed by atoms with Crippen LogP contribution in [0.1, 0.15) is 53.4 Å². The predicted molar refractivity (Wildman–Crippen MR) is 73.7 cm³/mol. The van der Waals surface area contributed by atoms with Gasteiger partial charge in [-0.15, -0.1) is 0 Å². The molecule has 0 aromatic heterocycles. The van der Waals surface area contributed by atoms with E-state index in [0.29, 0.717) is 18.4 Å². The van der Waals surface area contributed by atoms with Gasteiger partial charge in [0.25, 0.3) is 0 Å². The summed E-state index contributed by atoms with van der Waals surface area (Å²) in [7, 11) is 0. The average Bonchev–Trinajstić information content (AvgIpc) is 2.56. The van der Waals surface area contributed by atoms with Crippen LogP contribution in [0.15, 0.2) is 12.2 Å². The Hall–Kier alpha value is -0.340. The first-order valence-corrected chi connectivity index (χ1v) is 6.94. The summed E-state index contributed by atoms with van der Waals surface area (Å²) in [5, 5.41) is 11.0. The molecular formula is C15H29NO. The van der Waals surface area contributed by atoms with Gasteiger partial charge >= 0.3 is 0 Å². The highest BCUT2D eigenvalue weighted by atomic mass is 16.3. The summed E-state index contributed by atoms with van der Waals surface area (Å²) in [6.45, 7) is 13.3. The van der Waals surface area contributed by atoms with Gasteiger partial charge in [0, 0.05) is 12.0 Å². The Morgan fingerprint density at radius 3 is 2.47 bits per heavy atom. The largest absolute Gasteiger partial charge is 0.388 e. The first-order chi connectivity index (χ1) is 7.83. The molecule has 0 heterocycles. The normalized spacial score (nSPS) is 33.1. The SMILES string of the molecule is C=C1C(C)CCC1(CC)C(O)(CN)CC(C)C. The molecule has 0 saturated heterocycles.